The minimum Gasteiger partial charge on any atom is -0.444 e. The summed E-state index contributed by atoms with van der Waals surface area (Å²) < 4.78 is 5.20. The van der Waals surface area contributed by atoms with Crippen molar-refractivity contribution in [3.8, 4) is 0 Å². The first-order valence-corrected chi connectivity index (χ1v) is 5.38. The molecule has 1 unspecified atom stereocenters. The highest BCUT2D eigenvalue weighted by molar-refractivity contribution is 5.68. The topological polar surface area (TPSA) is 38.3 Å². The van der Waals surface area contributed by atoms with Gasteiger partial charge in [-0.15, -0.1) is 0 Å². The molecule has 1 aliphatic rings. The number of ether oxygens (including phenoxy) is 1. The normalized spacial score (nSPS) is 27.4. The van der Waals surface area contributed by atoms with Gasteiger partial charge in [-0.25, -0.2) is 4.79 Å². The first-order chi connectivity index (χ1) is 6.38. The van der Waals surface area contributed by atoms with Crippen molar-refractivity contribution in [1.82, 2.24) is 5.32 Å². The van der Waals surface area contributed by atoms with Crippen LogP contribution in [-0.4, -0.2) is 17.7 Å². The van der Waals surface area contributed by atoms with E-state index in [9.17, 15) is 4.79 Å². The molecule has 1 aliphatic carbocycles. The molecule has 0 aromatic carbocycles. The summed E-state index contributed by atoms with van der Waals surface area (Å²) in [7, 11) is 0. The Balaban J connectivity index is 2.33. The third-order valence-corrected chi connectivity index (χ3v) is 2.56. The van der Waals surface area contributed by atoms with E-state index in [1.165, 1.54) is 12.8 Å². The van der Waals surface area contributed by atoms with E-state index in [0.717, 1.165) is 6.42 Å². The zero-order valence-electron chi connectivity index (χ0n) is 9.59. The molecule has 82 valence electrons. The number of carbonyl (C=O) groups is 1. The molecule has 1 rings (SSSR count). The fraction of sp³-hybridized carbons (Fsp3) is 0.909. The first-order valence-electron chi connectivity index (χ1n) is 5.38. The van der Waals surface area contributed by atoms with Crippen LogP contribution in [0.3, 0.4) is 0 Å². The summed E-state index contributed by atoms with van der Waals surface area (Å²) in [5.74, 6) is 0.586. The number of hydrogen-bond acceptors (Lipinski definition) is 2. The Bertz CT molecular complexity index is 208. The fourth-order valence-electron chi connectivity index (χ4n) is 1.82. The smallest absolute Gasteiger partial charge is 0.407 e. The number of hydrogen-bond donors (Lipinski definition) is 1. The Hall–Kier alpha value is -0.730. The van der Waals surface area contributed by atoms with Gasteiger partial charge >= 0.3 is 6.09 Å². The lowest BCUT2D eigenvalue weighted by molar-refractivity contribution is 0.0495. The molecule has 0 aliphatic heterocycles. The standard InChI is InChI=1S/C11H21NO2/c1-8-6-5-7-9(8)12-10(13)14-11(2,3)4/h8-9H,5-7H2,1-4H3,(H,12,13)/t8-,9?/m1/s1. The van der Waals surface area contributed by atoms with Gasteiger partial charge in [0, 0.05) is 6.04 Å². The van der Waals surface area contributed by atoms with Crippen LogP contribution in [0.5, 0.6) is 0 Å². The van der Waals surface area contributed by atoms with Crippen LogP contribution in [0.4, 0.5) is 4.79 Å². The SMILES string of the molecule is C[C@@H]1CCCC1NC(=O)OC(C)(C)C. The number of nitrogens with one attached hydrogen (secondary N) is 1. The van der Waals surface area contributed by atoms with Crippen LogP contribution >= 0.6 is 0 Å². The van der Waals surface area contributed by atoms with E-state index in [1.807, 2.05) is 20.8 Å². The largest absolute Gasteiger partial charge is 0.444 e. The number of alkyl carbamates (subject to hydrolysis) is 1. The molecule has 1 amide bonds. The zero-order chi connectivity index (χ0) is 10.8. The van der Waals surface area contributed by atoms with E-state index in [1.54, 1.807) is 0 Å². The molecule has 0 aromatic heterocycles. The second-order valence-electron chi connectivity index (χ2n) is 5.16. The summed E-state index contributed by atoms with van der Waals surface area (Å²) in [5, 5.41) is 2.92. The van der Waals surface area contributed by atoms with E-state index in [-0.39, 0.29) is 6.09 Å². The Kier molecular flexibility index (Phi) is 3.40. The molecular weight excluding hydrogens is 178 g/mol. The van der Waals surface area contributed by atoms with Crippen molar-refractivity contribution >= 4 is 6.09 Å². The molecule has 0 radical (unpaired) electrons. The number of carbonyl (C=O) groups excluding carboxylic acids is 1. The Morgan fingerprint density at radius 3 is 2.43 bits per heavy atom. The van der Waals surface area contributed by atoms with Gasteiger partial charge in [-0.2, -0.15) is 0 Å². The summed E-state index contributed by atoms with van der Waals surface area (Å²) in [6.07, 6.45) is 3.22. The van der Waals surface area contributed by atoms with Crippen LogP contribution in [0.1, 0.15) is 47.0 Å². The van der Waals surface area contributed by atoms with E-state index in [2.05, 4.69) is 12.2 Å². The van der Waals surface area contributed by atoms with Gasteiger partial charge in [0.1, 0.15) is 5.60 Å². The molecule has 2 atom stereocenters. The van der Waals surface area contributed by atoms with Crippen molar-refractivity contribution in [1.29, 1.82) is 0 Å². The average molecular weight is 199 g/mol. The predicted molar refractivity (Wildman–Crippen MR) is 56.2 cm³/mol. The van der Waals surface area contributed by atoms with Gasteiger partial charge in [0.2, 0.25) is 0 Å². The highest BCUT2D eigenvalue weighted by Crippen LogP contribution is 2.25. The summed E-state index contributed by atoms with van der Waals surface area (Å²) >= 11 is 0. The molecule has 1 N–H and O–H groups in total. The minimum atomic E-state index is -0.397. The lowest BCUT2D eigenvalue weighted by atomic mass is 10.1. The maximum absolute atomic E-state index is 11.4. The lowest BCUT2D eigenvalue weighted by Gasteiger charge is -2.23. The molecule has 1 fully saturated rings. The Morgan fingerprint density at radius 2 is 2.00 bits per heavy atom. The van der Waals surface area contributed by atoms with E-state index < -0.39 is 5.60 Å². The molecule has 0 aromatic rings. The number of rotatable bonds is 1. The Labute approximate surface area is 86.2 Å². The molecule has 0 heterocycles. The zero-order valence-corrected chi connectivity index (χ0v) is 9.59. The van der Waals surface area contributed by atoms with Crippen LogP contribution in [-0.2, 0) is 4.74 Å². The van der Waals surface area contributed by atoms with Gasteiger partial charge in [-0.3, -0.25) is 0 Å². The van der Waals surface area contributed by atoms with Crippen molar-refractivity contribution in [2.45, 2.75) is 58.6 Å². The van der Waals surface area contributed by atoms with Crippen molar-refractivity contribution < 1.29 is 9.53 Å². The second kappa shape index (κ2) is 4.20. The first kappa shape index (κ1) is 11.3. The third-order valence-electron chi connectivity index (χ3n) is 2.56. The molecule has 1 saturated carbocycles. The van der Waals surface area contributed by atoms with Gasteiger partial charge in [-0.1, -0.05) is 13.3 Å². The maximum atomic E-state index is 11.4. The van der Waals surface area contributed by atoms with Gasteiger partial charge in [0.25, 0.3) is 0 Å². The van der Waals surface area contributed by atoms with E-state index in [0.29, 0.717) is 12.0 Å². The van der Waals surface area contributed by atoms with E-state index >= 15 is 0 Å². The van der Waals surface area contributed by atoms with E-state index in [4.69, 9.17) is 4.74 Å². The maximum Gasteiger partial charge on any atom is 0.407 e. The van der Waals surface area contributed by atoms with Gasteiger partial charge in [-0.05, 0) is 39.5 Å². The predicted octanol–water partition coefficient (Wildman–Crippen LogP) is 2.70. The van der Waals surface area contributed by atoms with Crippen molar-refractivity contribution in [2.75, 3.05) is 0 Å². The van der Waals surface area contributed by atoms with Gasteiger partial charge in [0.05, 0.1) is 0 Å². The summed E-state index contributed by atoms with van der Waals surface area (Å²) in [4.78, 5) is 11.4. The van der Waals surface area contributed by atoms with Crippen LogP contribution in [0, 0.1) is 5.92 Å². The molecule has 0 spiro atoms. The van der Waals surface area contributed by atoms with Crippen LogP contribution in [0.25, 0.3) is 0 Å². The highest BCUT2D eigenvalue weighted by Gasteiger charge is 2.26. The summed E-state index contributed by atoms with van der Waals surface area (Å²) in [6, 6.07) is 0.310. The van der Waals surface area contributed by atoms with Crippen LogP contribution in [0.15, 0.2) is 0 Å². The summed E-state index contributed by atoms with van der Waals surface area (Å²) in [6.45, 7) is 7.81. The van der Waals surface area contributed by atoms with Crippen molar-refractivity contribution in [3.63, 3.8) is 0 Å². The molecule has 0 bridgehead atoms. The minimum absolute atomic E-state index is 0.281. The average Bonchev–Trinajstić information content (AvgIpc) is 2.32. The molecule has 0 saturated heterocycles. The molecule has 3 nitrogen and oxygen atoms in total. The van der Waals surface area contributed by atoms with Gasteiger partial charge < -0.3 is 10.1 Å². The monoisotopic (exact) mass is 199 g/mol. The molecule has 3 heteroatoms. The summed E-state index contributed by atoms with van der Waals surface area (Å²) in [5.41, 5.74) is -0.397. The quantitative estimate of drug-likeness (QED) is 0.705. The third kappa shape index (κ3) is 3.56. The fourth-order valence-corrected chi connectivity index (χ4v) is 1.82. The van der Waals surface area contributed by atoms with Crippen LogP contribution < -0.4 is 5.32 Å². The lowest BCUT2D eigenvalue weighted by Crippen LogP contribution is -2.40. The van der Waals surface area contributed by atoms with Crippen molar-refractivity contribution in [3.05, 3.63) is 0 Å². The second-order valence-corrected chi connectivity index (χ2v) is 5.16. The highest BCUT2D eigenvalue weighted by atomic mass is 16.6. The van der Waals surface area contributed by atoms with Gasteiger partial charge in [0.15, 0.2) is 0 Å². The van der Waals surface area contributed by atoms with Crippen molar-refractivity contribution in [2.24, 2.45) is 5.92 Å². The Morgan fingerprint density at radius 1 is 1.36 bits per heavy atom. The molecular formula is C11H21NO2. The van der Waals surface area contributed by atoms with Crippen LogP contribution in [0.2, 0.25) is 0 Å². The molecule has 14 heavy (non-hydrogen) atoms. The number of amides is 1.